The van der Waals surface area contributed by atoms with Crippen molar-refractivity contribution in [2.24, 2.45) is 5.92 Å². The van der Waals surface area contributed by atoms with Crippen molar-refractivity contribution in [3.63, 3.8) is 0 Å². The van der Waals surface area contributed by atoms with Gasteiger partial charge in [-0.3, -0.25) is 15.1 Å². The Balaban J connectivity index is 1.57. The molecular weight excluding hydrogens is 424 g/mol. The van der Waals surface area contributed by atoms with E-state index in [0.29, 0.717) is 24.5 Å². The van der Waals surface area contributed by atoms with Gasteiger partial charge in [0.1, 0.15) is 17.1 Å². The molecule has 1 unspecified atom stereocenters. The highest BCUT2D eigenvalue weighted by Crippen LogP contribution is 2.45. The van der Waals surface area contributed by atoms with Crippen LogP contribution in [0.1, 0.15) is 10.4 Å². The zero-order chi connectivity index (χ0) is 22.5. The maximum Gasteiger partial charge on any atom is 0.236 e. The Bertz CT molecular complexity index is 1260. The fraction of sp³-hybridized carbons (Fsp3) is 0.217. The number of nitriles is 1. The van der Waals surface area contributed by atoms with Crippen LogP contribution in [0, 0.1) is 22.7 Å². The molecule has 2 aliphatic heterocycles. The first-order valence-corrected chi connectivity index (χ1v) is 10.9. The normalized spacial score (nSPS) is 22.4. The summed E-state index contributed by atoms with van der Waals surface area (Å²) >= 11 is 1.54. The second-order valence-corrected chi connectivity index (χ2v) is 8.95. The predicted molar refractivity (Wildman–Crippen MR) is 121 cm³/mol. The van der Waals surface area contributed by atoms with Crippen LogP contribution in [0.2, 0.25) is 0 Å². The molecular formula is C23H20N6O2S. The largest absolute Gasteiger partial charge is 0.506 e. The molecule has 5 rings (SSSR count). The van der Waals surface area contributed by atoms with E-state index in [9.17, 15) is 15.2 Å². The summed E-state index contributed by atoms with van der Waals surface area (Å²) in [5, 5.41) is 32.5. The zero-order valence-electron chi connectivity index (χ0n) is 17.2. The summed E-state index contributed by atoms with van der Waals surface area (Å²) in [4.78, 5) is 21.8. The van der Waals surface area contributed by atoms with E-state index in [1.165, 1.54) is 22.4 Å². The van der Waals surface area contributed by atoms with E-state index in [4.69, 9.17) is 5.41 Å². The summed E-state index contributed by atoms with van der Waals surface area (Å²) < 4.78 is 0. The van der Waals surface area contributed by atoms with Gasteiger partial charge in [-0.2, -0.15) is 5.26 Å². The molecule has 9 heteroatoms. The summed E-state index contributed by atoms with van der Waals surface area (Å²) in [6, 6.07) is 14.9. The highest BCUT2D eigenvalue weighted by molar-refractivity contribution is 7.10. The summed E-state index contributed by atoms with van der Waals surface area (Å²) in [7, 11) is 1.61. The molecule has 2 saturated heterocycles. The van der Waals surface area contributed by atoms with Crippen LogP contribution in [-0.2, 0) is 10.3 Å². The number of pyridine rings is 1. The van der Waals surface area contributed by atoms with Crippen molar-refractivity contribution in [2.45, 2.75) is 5.54 Å². The van der Waals surface area contributed by atoms with Crippen LogP contribution in [0.3, 0.4) is 0 Å². The minimum atomic E-state index is -0.768. The predicted octanol–water partition coefficient (Wildman–Crippen LogP) is 2.72. The quantitative estimate of drug-likeness (QED) is 0.572. The lowest BCUT2D eigenvalue weighted by molar-refractivity contribution is -0.133. The van der Waals surface area contributed by atoms with Crippen molar-refractivity contribution in [1.29, 1.82) is 10.7 Å². The summed E-state index contributed by atoms with van der Waals surface area (Å²) in [6.07, 6.45) is 1.39. The third-order valence-electron chi connectivity index (χ3n) is 6.16. The minimum Gasteiger partial charge on any atom is -0.506 e. The molecule has 3 aromatic rings. The first-order chi connectivity index (χ1) is 15.4. The molecule has 0 saturated carbocycles. The molecule has 4 heterocycles. The molecule has 0 spiro atoms. The van der Waals surface area contributed by atoms with Gasteiger partial charge in [0.05, 0.1) is 23.7 Å². The molecule has 32 heavy (non-hydrogen) atoms. The van der Waals surface area contributed by atoms with Crippen molar-refractivity contribution in [3.8, 4) is 22.9 Å². The number of rotatable bonds is 3. The number of aromatic hydroxyl groups is 1. The average Bonchev–Trinajstić information content (AvgIpc) is 3.45. The SMILES string of the molecule is CN1C(=N)N[C@@]2(c3cc(-c4cccc(C#N)c4)cs3)CN(c3ccc(O)cn3)CC2C1=O. The zero-order valence-corrected chi connectivity index (χ0v) is 18.1. The number of hydrogen-bond acceptors (Lipinski definition) is 7. The van der Waals surface area contributed by atoms with E-state index in [0.717, 1.165) is 16.0 Å². The molecule has 8 nitrogen and oxygen atoms in total. The van der Waals surface area contributed by atoms with Gasteiger partial charge in [0.25, 0.3) is 0 Å². The van der Waals surface area contributed by atoms with Crippen LogP contribution in [0.15, 0.2) is 54.0 Å². The van der Waals surface area contributed by atoms with Crippen molar-refractivity contribution >= 4 is 29.0 Å². The number of anilines is 1. The molecule has 0 aliphatic carbocycles. The average molecular weight is 445 g/mol. The second kappa shape index (κ2) is 7.35. The Morgan fingerprint density at radius 1 is 1.31 bits per heavy atom. The van der Waals surface area contributed by atoms with Gasteiger partial charge in [-0.05, 0) is 46.8 Å². The van der Waals surface area contributed by atoms with Crippen LogP contribution in [-0.4, -0.2) is 47.0 Å². The number of aromatic nitrogens is 1. The number of carbonyl (C=O) groups is 1. The molecule has 2 fully saturated rings. The van der Waals surface area contributed by atoms with Crippen LogP contribution >= 0.6 is 11.3 Å². The topological polar surface area (TPSA) is 116 Å². The van der Waals surface area contributed by atoms with Gasteiger partial charge in [-0.1, -0.05) is 12.1 Å². The lowest BCUT2D eigenvalue weighted by Crippen LogP contribution is -2.64. The van der Waals surface area contributed by atoms with Crippen molar-refractivity contribution in [3.05, 3.63) is 64.5 Å². The fourth-order valence-corrected chi connectivity index (χ4v) is 5.57. The van der Waals surface area contributed by atoms with Crippen LogP contribution in [0.4, 0.5) is 5.82 Å². The van der Waals surface area contributed by atoms with E-state index >= 15 is 0 Å². The van der Waals surface area contributed by atoms with E-state index < -0.39 is 11.5 Å². The van der Waals surface area contributed by atoms with Crippen molar-refractivity contribution in [2.75, 3.05) is 25.0 Å². The number of guanidine groups is 1. The number of benzene rings is 1. The minimum absolute atomic E-state index is 0.0631. The van der Waals surface area contributed by atoms with Crippen molar-refractivity contribution in [1.82, 2.24) is 15.2 Å². The number of amides is 1. The Morgan fingerprint density at radius 2 is 2.16 bits per heavy atom. The van der Waals surface area contributed by atoms with Gasteiger partial charge >= 0.3 is 0 Å². The van der Waals surface area contributed by atoms with E-state index in [1.807, 2.05) is 34.5 Å². The first-order valence-electron chi connectivity index (χ1n) is 10.0. The van der Waals surface area contributed by atoms with E-state index in [2.05, 4.69) is 16.4 Å². The fourth-order valence-electron chi connectivity index (χ4n) is 4.45. The van der Waals surface area contributed by atoms with Gasteiger partial charge in [-0.25, -0.2) is 4.98 Å². The highest BCUT2D eigenvalue weighted by atomic mass is 32.1. The number of nitrogens with one attached hydrogen (secondary N) is 2. The Morgan fingerprint density at radius 3 is 2.91 bits per heavy atom. The van der Waals surface area contributed by atoms with Gasteiger partial charge in [0.2, 0.25) is 5.91 Å². The first kappa shape index (κ1) is 20.0. The molecule has 2 aromatic heterocycles. The summed E-state index contributed by atoms with van der Waals surface area (Å²) in [6.45, 7) is 0.897. The molecule has 0 radical (unpaired) electrons. The number of thiophene rings is 1. The Hall–Kier alpha value is -3.90. The maximum atomic E-state index is 13.2. The number of nitrogens with zero attached hydrogens (tertiary/aromatic N) is 4. The molecule has 0 bridgehead atoms. The van der Waals surface area contributed by atoms with Crippen LogP contribution < -0.4 is 10.2 Å². The molecule has 2 atom stereocenters. The smallest absolute Gasteiger partial charge is 0.236 e. The van der Waals surface area contributed by atoms with E-state index in [1.54, 1.807) is 25.2 Å². The summed E-state index contributed by atoms with van der Waals surface area (Å²) in [5.74, 6) is 0.288. The molecule has 1 amide bonds. The van der Waals surface area contributed by atoms with Gasteiger partial charge < -0.3 is 15.3 Å². The Labute approximate surface area is 188 Å². The third kappa shape index (κ3) is 3.08. The van der Waals surface area contributed by atoms with Gasteiger partial charge in [0.15, 0.2) is 5.96 Å². The Kier molecular flexibility index (Phi) is 4.60. The molecule has 160 valence electrons. The van der Waals surface area contributed by atoms with Crippen LogP contribution in [0.5, 0.6) is 5.75 Å². The van der Waals surface area contributed by atoms with Gasteiger partial charge in [-0.15, -0.1) is 11.3 Å². The number of hydrogen-bond donors (Lipinski definition) is 3. The highest BCUT2D eigenvalue weighted by Gasteiger charge is 2.57. The van der Waals surface area contributed by atoms with Gasteiger partial charge in [0, 0.05) is 25.0 Å². The molecule has 1 aromatic carbocycles. The molecule has 3 N–H and O–H groups in total. The second-order valence-electron chi connectivity index (χ2n) is 8.04. The maximum absolute atomic E-state index is 13.2. The monoisotopic (exact) mass is 444 g/mol. The third-order valence-corrected chi connectivity index (χ3v) is 7.27. The number of carbonyl (C=O) groups excluding carboxylic acids is 1. The van der Waals surface area contributed by atoms with Crippen molar-refractivity contribution < 1.29 is 9.90 Å². The lowest BCUT2D eigenvalue weighted by Gasteiger charge is -2.42. The molecule has 2 aliphatic rings. The van der Waals surface area contributed by atoms with Crippen LogP contribution in [0.25, 0.3) is 11.1 Å². The standard InChI is InChI=1S/C23H20N6O2S/c1-28-21(31)18-11-29(20-6-5-17(30)10-26-20)13-23(18,27-22(28)25)19-8-16(12-32-19)15-4-2-3-14(7-15)9-24/h2-8,10,12,18,30H,11,13H2,1H3,(H2,25,27)/t18?,23-/m0/s1. The lowest BCUT2D eigenvalue weighted by atomic mass is 9.82. The summed E-state index contributed by atoms with van der Waals surface area (Å²) in [5.41, 5.74) is 1.72. The number of fused-ring (bicyclic) bond motifs is 1. The van der Waals surface area contributed by atoms with E-state index in [-0.39, 0.29) is 17.6 Å².